The summed E-state index contributed by atoms with van der Waals surface area (Å²) in [5.41, 5.74) is 2.25. The van der Waals surface area contributed by atoms with E-state index in [1.807, 2.05) is 18.3 Å². The maximum absolute atomic E-state index is 5.67. The number of nitrogens with zero attached hydrogens (tertiary/aromatic N) is 2. The molecule has 0 aromatic carbocycles. The summed E-state index contributed by atoms with van der Waals surface area (Å²) in [6.45, 7) is 6.25. The van der Waals surface area contributed by atoms with Crippen molar-refractivity contribution in [3.63, 3.8) is 0 Å². The standard InChI is InChI=1S/C16H21N3O/c1-13-5-6-14(18-12-13)16(15-4-2-11-20-15)19-9-3-7-17-8-10-19/h2,4-6,11-12,16-17H,3,7-10H2,1H3. The Kier molecular flexibility index (Phi) is 4.14. The third-order valence-electron chi connectivity index (χ3n) is 3.77. The van der Waals surface area contributed by atoms with Gasteiger partial charge in [0.25, 0.3) is 0 Å². The van der Waals surface area contributed by atoms with Crippen LogP contribution in [0.2, 0.25) is 0 Å². The Bertz CT molecular complexity index is 513. The summed E-state index contributed by atoms with van der Waals surface area (Å²) in [5, 5.41) is 3.45. The molecule has 4 nitrogen and oxygen atoms in total. The number of hydrogen-bond acceptors (Lipinski definition) is 4. The molecule has 2 aromatic rings. The van der Waals surface area contributed by atoms with Gasteiger partial charge in [0.1, 0.15) is 11.8 Å². The van der Waals surface area contributed by atoms with Gasteiger partial charge < -0.3 is 9.73 Å². The molecular weight excluding hydrogens is 250 g/mol. The quantitative estimate of drug-likeness (QED) is 0.930. The first-order valence-corrected chi connectivity index (χ1v) is 7.25. The van der Waals surface area contributed by atoms with Crippen molar-refractivity contribution in [3.8, 4) is 0 Å². The summed E-state index contributed by atoms with van der Waals surface area (Å²) in [6, 6.07) is 8.34. The molecule has 4 heteroatoms. The highest BCUT2D eigenvalue weighted by Gasteiger charge is 2.26. The summed E-state index contributed by atoms with van der Waals surface area (Å²) in [7, 11) is 0. The first-order valence-electron chi connectivity index (χ1n) is 7.25. The van der Waals surface area contributed by atoms with E-state index in [2.05, 4.69) is 34.3 Å². The van der Waals surface area contributed by atoms with Crippen molar-refractivity contribution < 1.29 is 4.42 Å². The maximum atomic E-state index is 5.67. The van der Waals surface area contributed by atoms with Crippen LogP contribution in [-0.4, -0.2) is 36.1 Å². The molecule has 1 unspecified atom stereocenters. The minimum Gasteiger partial charge on any atom is -0.467 e. The minimum absolute atomic E-state index is 0.116. The van der Waals surface area contributed by atoms with Gasteiger partial charge in [0.15, 0.2) is 0 Å². The van der Waals surface area contributed by atoms with E-state index in [0.717, 1.165) is 44.1 Å². The Morgan fingerprint density at radius 2 is 2.20 bits per heavy atom. The van der Waals surface area contributed by atoms with Crippen LogP contribution in [0.15, 0.2) is 41.1 Å². The summed E-state index contributed by atoms with van der Waals surface area (Å²) < 4.78 is 5.67. The first-order chi connectivity index (χ1) is 9.84. The van der Waals surface area contributed by atoms with Gasteiger partial charge in [0.05, 0.1) is 12.0 Å². The molecule has 0 spiro atoms. The number of aromatic nitrogens is 1. The van der Waals surface area contributed by atoms with Gasteiger partial charge in [-0.2, -0.15) is 0 Å². The van der Waals surface area contributed by atoms with Gasteiger partial charge in [-0.1, -0.05) is 6.07 Å². The molecule has 1 atom stereocenters. The third-order valence-corrected chi connectivity index (χ3v) is 3.77. The van der Waals surface area contributed by atoms with Gasteiger partial charge in [-0.05, 0) is 43.7 Å². The van der Waals surface area contributed by atoms with Gasteiger partial charge in [-0.15, -0.1) is 0 Å². The fraction of sp³-hybridized carbons (Fsp3) is 0.438. The summed E-state index contributed by atoms with van der Waals surface area (Å²) in [4.78, 5) is 7.07. The average Bonchev–Trinajstić information content (AvgIpc) is 2.85. The molecule has 20 heavy (non-hydrogen) atoms. The second kappa shape index (κ2) is 6.20. The molecule has 0 bridgehead atoms. The molecule has 0 amide bonds. The van der Waals surface area contributed by atoms with Gasteiger partial charge in [0.2, 0.25) is 0 Å². The fourth-order valence-corrected chi connectivity index (χ4v) is 2.73. The minimum atomic E-state index is 0.116. The van der Waals surface area contributed by atoms with Gasteiger partial charge in [-0.3, -0.25) is 9.88 Å². The maximum Gasteiger partial charge on any atom is 0.127 e. The molecule has 1 saturated heterocycles. The van der Waals surface area contributed by atoms with E-state index >= 15 is 0 Å². The number of rotatable bonds is 3. The van der Waals surface area contributed by atoms with Crippen LogP contribution >= 0.6 is 0 Å². The molecule has 3 rings (SSSR count). The van der Waals surface area contributed by atoms with Crippen LogP contribution in [0.1, 0.15) is 29.5 Å². The zero-order valence-electron chi connectivity index (χ0n) is 11.9. The number of nitrogens with one attached hydrogen (secondary N) is 1. The van der Waals surface area contributed by atoms with Crippen molar-refractivity contribution >= 4 is 0 Å². The van der Waals surface area contributed by atoms with Crippen LogP contribution in [0.25, 0.3) is 0 Å². The van der Waals surface area contributed by atoms with E-state index in [9.17, 15) is 0 Å². The lowest BCUT2D eigenvalue weighted by Crippen LogP contribution is -2.33. The topological polar surface area (TPSA) is 41.3 Å². The average molecular weight is 271 g/mol. The molecule has 1 N–H and O–H groups in total. The lowest BCUT2D eigenvalue weighted by molar-refractivity contribution is 0.212. The van der Waals surface area contributed by atoms with Crippen molar-refractivity contribution in [2.75, 3.05) is 26.2 Å². The van der Waals surface area contributed by atoms with Crippen molar-refractivity contribution in [1.82, 2.24) is 15.2 Å². The second-order valence-electron chi connectivity index (χ2n) is 5.32. The van der Waals surface area contributed by atoms with Gasteiger partial charge in [0, 0.05) is 25.8 Å². The van der Waals surface area contributed by atoms with Crippen molar-refractivity contribution in [2.45, 2.75) is 19.4 Å². The Hall–Kier alpha value is -1.65. The largest absolute Gasteiger partial charge is 0.467 e. The Morgan fingerprint density at radius 1 is 1.25 bits per heavy atom. The summed E-state index contributed by atoms with van der Waals surface area (Å²) in [5.74, 6) is 0.975. The van der Waals surface area contributed by atoms with Crippen molar-refractivity contribution in [1.29, 1.82) is 0 Å². The lowest BCUT2D eigenvalue weighted by Gasteiger charge is -2.28. The van der Waals surface area contributed by atoms with Crippen LogP contribution in [0.4, 0.5) is 0 Å². The Labute approximate surface area is 119 Å². The molecule has 1 aliphatic heterocycles. The summed E-state index contributed by atoms with van der Waals surface area (Å²) in [6.07, 6.45) is 4.83. The fourth-order valence-electron chi connectivity index (χ4n) is 2.73. The Morgan fingerprint density at radius 3 is 2.95 bits per heavy atom. The van der Waals surface area contributed by atoms with E-state index in [-0.39, 0.29) is 6.04 Å². The van der Waals surface area contributed by atoms with Crippen LogP contribution in [0.5, 0.6) is 0 Å². The third kappa shape index (κ3) is 2.92. The number of aryl methyl sites for hydroxylation is 1. The van der Waals surface area contributed by atoms with E-state index in [1.54, 1.807) is 6.26 Å². The Balaban J connectivity index is 1.93. The zero-order valence-corrected chi connectivity index (χ0v) is 11.9. The molecule has 0 aliphatic carbocycles. The van der Waals surface area contributed by atoms with E-state index in [1.165, 1.54) is 5.56 Å². The smallest absolute Gasteiger partial charge is 0.127 e. The van der Waals surface area contributed by atoms with Gasteiger partial charge in [-0.25, -0.2) is 0 Å². The van der Waals surface area contributed by atoms with Crippen LogP contribution in [0, 0.1) is 6.92 Å². The van der Waals surface area contributed by atoms with E-state index in [4.69, 9.17) is 4.42 Å². The molecule has 1 aliphatic rings. The number of hydrogen-bond donors (Lipinski definition) is 1. The van der Waals surface area contributed by atoms with Crippen molar-refractivity contribution in [3.05, 3.63) is 53.7 Å². The molecular formula is C16H21N3O. The highest BCUT2D eigenvalue weighted by Crippen LogP contribution is 2.28. The number of pyridine rings is 1. The second-order valence-corrected chi connectivity index (χ2v) is 5.32. The highest BCUT2D eigenvalue weighted by molar-refractivity contribution is 5.22. The van der Waals surface area contributed by atoms with Gasteiger partial charge >= 0.3 is 0 Å². The SMILES string of the molecule is Cc1ccc(C(c2ccco2)N2CCCNCC2)nc1. The first kappa shape index (κ1) is 13.3. The van der Waals surface area contributed by atoms with E-state index < -0.39 is 0 Å². The molecule has 0 radical (unpaired) electrons. The molecule has 3 heterocycles. The monoisotopic (exact) mass is 271 g/mol. The molecule has 2 aromatic heterocycles. The molecule has 106 valence electrons. The lowest BCUT2D eigenvalue weighted by atomic mass is 10.1. The van der Waals surface area contributed by atoms with Crippen molar-refractivity contribution in [2.24, 2.45) is 0 Å². The van der Waals surface area contributed by atoms with Crippen LogP contribution in [0.3, 0.4) is 0 Å². The van der Waals surface area contributed by atoms with Crippen LogP contribution < -0.4 is 5.32 Å². The molecule has 0 saturated carbocycles. The van der Waals surface area contributed by atoms with Crippen LogP contribution in [-0.2, 0) is 0 Å². The number of furan rings is 1. The predicted octanol–water partition coefficient (Wildman–Crippen LogP) is 2.37. The summed E-state index contributed by atoms with van der Waals surface area (Å²) >= 11 is 0. The highest BCUT2D eigenvalue weighted by atomic mass is 16.3. The zero-order chi connectivity index (χ0) is 13.8. The predicted molar refractivity (Wildman–Crippen MR) is 78.6 cm³/mol. The molecule has 1 fully saturated rings. The van der Waals surface area contributed by atoms with E-state index in [0.29, 0.717) is 0 Å². The normalized spacial score (nSPS) is 18.6.